The molecular weight excluding hydrogens is 268 g/mol. The molecule has 0 atom stereocenters. The highest BCUT2D eigenvalue weighted by Crippen LogP contribution is 2.29. The van der Waals surface area contributed by atoms with Crippen molar-refractivity contribution < 1.29 is 14.7 Å². The number of carboxylic acid groups (broad SMARTS) is 1. The molecule has 0 heterocycles. The standard InChI is InChI=1S/C16H30N2O3/c1-4-16(5-2,14(19)20)18-15(21)17-11-10-13-8-6-12(3)7-9-13/h12-13H,4-11H2,1-3H3,(H,19,20)(H2,17,18,21). The summed E-state index contributed by atoms with van der Waals surface area (Å²) >= 11 is 0. The van der Waals surface area contributed by atoms with E-state index < -0.39 is 11.5 Å². The molecule has 0 aromatic rings. The molecule has 0 radical (unpaired) electrons. The summed E-state index contributed by atoms with van der Waals surface area (Å²) in [6.07, 6.45) is 6.80. The third-order valence-corrected chi connectivity index (χ3v) is 4.94. The van der Waals surface area contributed by atoms with Crippen molar-refractivity contribution in [2.45, 2.75) is 71.3 Å². The number of hydrogen-bond donors (Lipinski definition) is 3. The number of urea groups is 1. The lowest BCUT2D eigenvalue weighted by molar-refractivity contribution is -0.144. The van der Waals surface area contributed by atoms with Crippen LogP contribution in [0.1, 0.15) is 65.7 Å². The van der Waals surface area contributed by atoms with Gasteiger partial charge < -0.3 is 15.7 Å². The number of carbonyl (C=O) groups is 2. The second kappa shape index (κ2) is 8.25. The van der Waals surface area contributed by atoms with E-state index >= 15 is 0 Å². The van der Waals surface area contributed by atoms with Crippen LogP contribution < -0.4 is 10.6 Å². The van der Waals surface area contributed by atoms with Gasteiger partial charge in [0.2, 0.25) is 0 Å². The van der Waals surface area contributed by atoms with Gasteiger partial charge in [0.05, 0.1) is 0 Å². The number of nitrogens with one attached hydrogen (secondary N) is 2. The third-order valence-electron chi connectivity index (χ3n) is 4.94. The Labute approximate surface area is 127 Å². The molecule has 0 aliphatic heterocycles. The Hall–Kier alpha value is -1.26. The average Bonchev–Trinajstić information content (AvgIpc) is 2.46. The summed E-state index contributed by atoms with van der Waals surface area (Å²) in [5.74, 6) is 0.565. The molecule has 0 aromatic heterocycles. The molecule has 1 fully saturated rings. The van der Waals surface area contributed by atoms with E-state index in [9.17, 15) is 14.7 Å². The van der Waals surface area contributed by atoms with Gasteiger partial charge in [0.25, 0.3) is 0 Å². The molecule has 0 unspecified atom stereocenters. The molecule has 5 heteroatoms. The summed E-state index contributed by atoms with van der Waals surface area (Å²) < 4.78 is 0. The van der Waals surface area contributed by atoms with E-state index in [0.717, 1.165) is 12.3 Å². The van der Waals surface area contributed by atoms with E-state index in [1.807, 2.05) is 0 Å². The Morgan fingerprint density at radius 3 is 2.19 bits per heavy atom. The van der Waals surface area contributed by atoms with E-state index in [0.29, 0.717) is 25.3 Å². The second-order valence-electron chi connectivity index (χ2n) is 6.39. The van der Waals surface area contributed by atoms with Crippen molar-refractivity contribution in [2.24, 2.45) is 11.8 Å². The fraction of sp³-hybridized carbons (Fsp3) is 0.875. The second-order valence-corrected chi connectivity index (χ2v) is 6.39. The summed E-state index contributed by atoms with van der Waals surface area (Å²) in [5.41, 5.74) is -1.15. The van der Waals surface area contributed by atoms with Gasteiger partial charge in [-0.2, -0.15) is 0 Å². The topological polar surface area (TPSA) is 78.4 Å². The van der Waals surface area contributed by atoms with Crippen molar-refractivity contribution in [3.05, 3.63) is 0 Å². The number of hydrogen-bond acceptors (Lipinski definition) is 2. The van der Waals surface area contributed by atoms with Crippen molar-refractivity contribution in [1.82, 2.24) is 10.6 Å². The summed E-state index contributed by atoms with van der Waals surface area (Å²) in [4.78, 5) is 23.2. The molecule has 1 saturated carbocycles. The summed E-state index contributed by atoms with van der Waals surface area (Å²) in [6, 6.07) is -0.370. The minimum absolute atomic E-state index is 0.370. The molecule has 0 saturated heterocycles. The zero-order chi connectivity index (χ0) is 15.9. The van der Waals surface area contributed by atoms with Crippen LogP contribution in [0.5, 0.6) is 0 Å². The molecule has 1 rings (SSSR count). The maximum atomic E-state index is 11.9. The van der Waals surface area contributed by atoms with Gasteiger partial charge in [-0.15, -0.1) is 0 Å². The number of amides is 2. The van der Waals surface area contributed by atoms with Crippen molar-refractivity contribution in [2.75, 3.05) is 6.54 Å². The van der Waals surface area contributed by atoms with Crippen LogP contribution in [0.3, 0.4) is 0 Å². The fourth-order valence-electron chi connectivity index (χ4n) is 3.05. The fourth-order valence-corrected chi connectivity index (χ4v) is 3.05. The zero-order valence-corrected chi connectivity index (χ0v) is 13.6. The van der Waals surface area contributed by atoms with Gasteiger partial charge in [-0.1, -0.05) is 46.5 Å². The van der Waals surface area contributed by atoms with Gasteiger partial charge in [0, 0.05) is 6.54 Å². The van der Waals surface area contributed by atoms with Crippen molar-refractivity contribution >= 4 is 12.0 Å². The summed E-state index contributed by atoms with van der Waals surface area (Å²) in [7, 11) is 0. The van der Waals surface area contributed by atoms with Gasteiger partial charge in [-0.05, 0) is 31.1 Å². The van der Waals surface area contributed by atoms with Gasteiger partial charge in [0.15, 0.2) is 0 Å². The molecule has 1 aliphatic rings. The SMILES string of the molecule is CCC(CC)(NC(=O)NCCC1CCC(C)CC1)C(=O)O. The quantitative estimate of drug-likeness (QED) is 0.675. The number of carbonyl (C=O) groups excluding carboxylic acids is 1. The van der Waals surface area contributed by atoms with E-state index in [-0.39, 0.29) is 6.03 Å². The first-order valence-electron chi connectivity index (χ1n) is 8.23. The van der Waals surface area contributed by atoms with Crippen LogP contribution in [0.25, 0.3) is 0 Å². The van der Waals surface area contributed by atoms with E-state index in [1.54, 1.807) is 13.8 Å². The lowest BCUT2D eigenvalue weighted by Gasteiger charge is -2.29. The largest absolute Gasteiger partial charge is 0.480 e. The van der Waals surface area contributed by atoms with Gasteiger partial charge in [-0.3, -0.25) is 0 Å². The maximum absolute atomic E-state index is 11.9. The molecule has 3 N–H and O–H groups in total. The minimum atomic E-state index is -1.15. The van der Waals surface area contributed by atoms with Crippen molar-refractivity contribution in [1.29, 1.82) is 0 Å². The Bertz CT molecular complexity index is 345. The average molecular weight is 298 g/mol. The van der Waals surface area contributed by atoms with Crippen molar-refractivity contribution in [3.8, 4) is 0 Å². The Morgan fingerprint density at radius 2 is 1.71 bits per heavy atom. The molecule has 5 nitrogen and oxygen atoms in total. The van der Waals surface area contributed by atoms with Crippen LogP contribution in [0.15, 0.2) is 0 Å². The minimum Gasteiger partial charge on any atom is -0.480 e. The first-order valence-corrected chi connectivity index (χ1v) is 8.23. The third kappa shape index (κ3) is 5.21. The smallest absolute Gasteiger partial charge is 0.329 e. The monoisotopic (exact) mass is 298 g/mol. The molecule has 1 aliphatic carbocycles. The highest BCUT2D eigenvalue weighted by molar-refractivity contribution is 5.86. The molecule has 0 spiro atoms. The lowest BCUT2D eigenvalue weighted by Crippen LogP contribution is -2.56. The van der Waals surface area contributed by atoms with Gasteiger partial charge >= 0.3 is 12.0 Å². The molecule has 21 heavy (non-hydrogen) atoms. The van der Waals surface area contributed by atoms with Crippen LogP contribution in [0.4, 0.5) is 4.79 Å². The van der Waals surface area contributed by atoms with Crippen LogP contribution in [0, 0.1) is 11.8 Å². The van der Waals surface area contributed by atoms with E-state index in [1.165, 1.54) is 25.7 Å². The molecule has 2 amide bonds. The molecule has 122 valence electrons. The Morgan fingerprint density at radius 1 is 1.14 bits per heavy atom. The van der Waals surface area contributed by atoms with Crippen LogP contribution in [-0.2, 0) is 4.79 Å². The van der Waals surface area contributed by atoms with Crippen LogP contribution >= 0.6 is 0 Å². The Balaban J connectivity index is 2.32. The number of carboxylic acids is 1. The highest BCUT2D eigenvalue weighted by atomic mass is 16.4. The number of rotatable bonds is 7. The van der Waals surface area contributed by atoms with Crippen molar-refractivity contribution in [3.63, 3.8) is 0 Å². The summed E-state index contributed by atoms with van der Waals surface area (Å²) in [6.45, 7) is 6.47. The first-order chi connectivity index (χ1) is 9.93. The number of aliphatic carboxylic acids is 1. The predicted molar refractivity (Wildman–Crippen MR) is 83.2 cm³/mol. The maximum Gasteiger partial charge on any atom is 0.329 e. The molecule has 0 aromatic carbocycles. The first kappa shape index (κ1) is 17.8. The zero-order valence-electron chi connectivity index (χ0n) is 13.6. The van der Waals surface area contributed by atoms with E-state index in [4.69, 9.17) is 0 Å². The highest BCUT2D eigenvalue weighted by Gasteiger charge is 2.36. The lowest BCUT2D eigenvalue weighted by atomic mass is 9.81. The van der Waals surface area contributed by atoms with Crippen LogP contribution in [0.2, 0.25) is 0 Å². The summed E-state index contributed by atoms with van der Waals surface area (Å²) in [5, 5.41) is 14.7. The van der Waals surface area contributed by atoms with Gasteiger partial charge in [0.1, 0.15) is 5.54 Å². The Kier molecular flexibility index (Phi) is 6.99. The molecular formula is C16H30N2O3. The van der Waals surface area contributed by atoms with Gasteiger partial charge in [-0.25, -0.2) is 9.59 Å². The van der Waals surface area contributed by atoms with E-state index in [2.05, 4.69) is 17.6 Å². The van der Waals surface area contributed by atoms with Crippen LogP contribution in [-0.4, -0.2) is 29.2 Å². The molecule has 0 bridgehead atoms. The normalized spacial score (nSPS) is 22.6. The predicted octanol–water partition coefficient (Wildman–Crippen LogP) is 3.15.